The second-order valence-corrected chi connectivity index (χ2v) is 7.43. The van der Waals surface area contributed by atoms with E-state index in [4.69, 9.17) is 4.42 Å². The fourth-order valence-corrected chi connectivity index (χ4v) is 4.11. The standard InChI is InChI=1S/C21H26N4O3/c1-2-8-23-9-11-24(12-10-23)20(26)17-15-25(21(27)18-6-4-13-28-18)14-16-5-3-7-22-19(16)17/h3-7,13,17H,2,8-12,14-15H2,1H3. The third-order valence-electron chi connectivity index (χ3n) is 5.56. The van der Waals surface area contributed by atoms with Crippen LogP contribution in [0.2, 0.25) is 0 Å². The molecular weight excluding hydrogens is 356 g/mol. The molecule has 0 spiro atoms. The van der Waals surface area contributed by atoms with Crippen molar-refractivity contribution < 1.29 is 14.0 Å². The van der Waals surface area contributed by atoms with Gasteiger partial charge >= 0.3 is 0 Å². The molecule has 2 aliphatic heterocycles. The molecule has 7 nitrogen and oxygen atoms in total. The lowest BCUT2D eigenvalue weighted by Gasteiger charge is -2.39. The zero-order valence-electron chi connectivity index (χ0n) is 16.2. The van der Waals surface area contributed by atoms with Gasteiger partial charge in [-0.05, 0) is 36.7 Å². The Hall–Kier alpha value is -2.67. The number of aromatic nitrogens is 1. The lowest BCUT2D eigenvalue weighted by molar-refractivity contribution is -0.135. The highest BCUT2D eigenvalue weighted by Gasteiger charge is 2.37. The molecule has 0 N–H and O–H groups in total. The van der Waals surface area contributed by atoms with Gasteiger partial charge in [-0.25, -0.2) is 0 Å². The van der Waals surface area contributed by atoms with Crippen molar-refractivity contribution in [2.45, 2.75) is 25.8 Å². The Labute approximate surface area is 164 Å². The first-order valence-corrected chi connectivity index (χ1v) is 9.95. The Balaban J connectivity index is 1.53. The predicted octanol–water partition coefficient (Wildman–Crippen LogP) is 1.97. The summed E-state index contributed by atoms with van der Waals surface area (Å²) in [6.07, 6.45) is 4.34. The second-order valence-electron chi connectivity index (χ2n) is 7.43. The fraction of sp³-hybridized carbons (Fsp3) is 0.476. The van der Waals surface area contributed by atoms with Gasteiger partial charge in [-0.2, -0.15) is 0 Å². The maximum atomic E-state index is 13.3. The van der Waals surface area contributed by atoms with E-state index in [9.17, 15) is 9.59 Å². The van der Waals surface area contributed by atoms with Crippen molar-refractivity contribution in [3.05, 3.63) is 53.7 Å². The summed E-state index contributed by atoms with van der Waals surface area (Å²) in [4.78, 5) is 36.7. The smallest absolute Gasteiger partial charge is 0.289 e. The van der Waals surface area contributed by atoms with Crippen LogP contribution in [0, 0.1) is 0 Å². The molecule has 2 aliphatic rings. The van der Waals surface area contributed by atoms with E-state index in [1.54, 1.807) is 23.2 Å². The first-order valence-electron chi connectivity index (χ1n) is 9.95. The SMILES string of the molecule is CCCN1CCN(C(=O)C2CN(C(=O)c3ccco3)Cc3cccnc32)CC1. The molecule has 0 saturated carbocycles. The average Bonchev–Trinajstić information content (AvgIpc) is 3.27. The van der Waals surface area contributed by atoms with Crippen molar-refractivity contribution in [3.63, 3.8) is 0 Å². The van der Waals surface area contributed by atoms with Crippen LogP contribution in [-0.2, 0) is 11.3 Å². The van der Waals surface area contributed by atoms with Gasteiger partial charge in [-0.1, -0.05) is 13.0 Å². The summed E-state index contributed by atoms with van der Waals surface area (Å²) in [6, 6.07) is 7.16. The second kappa shape index (κ2) is 8.14. The largest absolute Gasteiger partial charge is 0.459 e. The number of furan rings is 1. The van der Waals surface area contributed by atoms with Crippen molar-refractivity contribution in [2.75, 3.05) is 39.3 Å². The van der Waals surface area contributed by atoms with Crippen molar-refractivity contribution in [1.82, 2.24) is 19.7 Å². The molecule has 2 aromatic heterocycles. The van der Waals surface area contributed by atoms with Gasteiger partial charge in [0.05, 0.1) is 17.9 Å². The highest BCUT2D eigenvalue weighted by atomic mass is 16.3. The number of hydrogen-bond acceptors (Lipinski definition) is 5. The van der Waals surface area contributed by atoms with E-state index in [1.165, 1.54) is 6.26 Å². The van der Waals surface area contributed by atoms with Gasteiger partial charge in [-0.3, -0.25) is 19.5 Å². The maximum Gasteiger partial charge on any atom is 0.289 e. The van der Waals surface area contributed by atoms with E-state index in [1.807, 2.05) is 17.0 Å². The van der Waals surface area contributed by atoms with Gasteiger partial charge in [0.1, 0.15) is 0 Å². The highest BCUT2D eigenvalue weighted by molar-refractivity contribution is 5.93. The molecular formula is C21H26N4O3. The normalized spacial score (nSPS) is 20.1. The topological polar surface area (TPSA) is 69.9 Å². The molecule has 0 bridgehead atoms. The number of carbonyl (C=O) groups is 2. The number of rotatable bonds is 4. The molecule has 28 heavy (non-hydrogen) atoms. The van der Waals surface area contributed by atoms with Gasteiger partial charge in [0.15, 0.2) is 5.76 Å². The zero-order chi connectivity index (χ0) is 19.5. The fourth-order valence-electron chi connectivity index (χ4n) is 4.11. The maximum absolute atomic E-state index is 13.3. The summed E-state index contributed by atoms with van der Waals surface area (Å²) >= 11 is 0. The molecule has 148 valence electrons. The van der Waals surface area contributed by atoms with Crippen LogP contribution in [-0.4, -0.2) is 70.8 Å². The number of nitrogens with zero attached hydrogens (tertiary/aromatic N) is 4. The first kappa shape index (κ1) is 18.7. The lowest BCUT2D eigenvalue weighted by atomic mass is 9.93. The molecule has 1 fully saturated rings. The van der Waals surface area contributed by atoms with Gasteiger partial charge in [0.2, 0.25) is 5.91 Å². The number of pyridine rings is 1. The first-order chi connectivity index (χ1) is 13.7. The summed E-state index contributed by atoms with van der Waals surface area (Å²) < 4.78 is 5.28. The minimum absolute atomic E-state index is 0.0630. The van der Waals surface area contributed by atoms with Crippen LogP contribution in [0.4, 0.5) is 0 Å². The summed E-state index contributed by atoms with van der Waals surface area (Å²) in [5.74, 6) is -0.258. The summed E-state index contributed by atoms with van der Waals surface area (Å²) in [6.45, 7) is 7.27. The number of carbonyl (C=O) groups excluding carboxylic acids is 2. The summed E-state index contributed by atoms with van der Waals surface area (Å²) in [7, 11) is 0. The Kier molecular flexibility index (Phi) is 5.43. The molecule has 2 aromatic rings. The zero-order valence-corrected chi connectivity index (χ0v) is 16.2. The highest BCUT2D eigenvalue weighted by Crippen LogP contribution is 2.29. The van der Waals surface area contributed by atoms with E-state index in [2.05, 4.69) is 16.8 Å². The van der Waals surface area contributed by atoms with Crippen molar-refractivity contribution in [1.29, 1.82) is 0 Å². The quantitative estimate of drug-likeness (QED) is 0.809. The summed E-state index contributed by atoms with van der Waals surface area (Å²) in [5, 5.41) is 0. The molecule has 4 heterocycles. The third kappa shape index (κ3) is 3.67. The minimum atomic E-state index is -0.429. The van der Waals surface area contributed by atoms with Gasteiger partial charge < -0.3 is 14.2 Å². The Bertz CT molecular complexity index is 828. The monoisotopic (exact) mass is 382 g/mol. The number of amides is 2. The average molecular weight is 382 g/mol. The Morgan fingerprint density at radius 3 is 2.68 bits per heavy atom. The van der Waals surface area contributed by atoms with E-state index in [-0.39, 0.29) is 11.8 Å². The molecule has 2 amide bonds. The van der Waals surface area contributed by atoms with Crippen LogP contribution in [0.5, 0.6) is 0 Å². The van der Waals surface area contributed by atoms with E-state index in [0.717, 1.165) is 50.4 Å². The lowest BCUT2D eigenvalue weighted by Crippen LogP contribution is -2.52. The van der Waals surface area contributed by atoms with E-state index < -0.39 is 5.92 Å². The minimum Gasteiger partial charge on any atom is -0.459 e. The Morgan fingerprint density at radius 2 is 1.96 bits per heavy atom. The van der Waals surface area contributed by atoms with Crippen LogP contribution >= 0.6 is 0 Å². The van der Waals surface area contributed by atoms with Crippen LogP contribution < -0.4 is 0 Å². The molecule has 0 aliphatic carbocycles. The van der Waals surface area contributed by atoms with Crippen LogP contribution in [0.25, 0.3) is 0 Å². The molecule has 1 unspecified atom stereocenters. The van der Waals surface area contributed by atoms with E-state index in [0.29, 0.717) is 18.8 Å². The third-order valence-corrected chi connectivity index (χ3v) is 5.56. The summed E-state index contributed by atoms with van der Waals surface area (Å²) in [5.41, 5.74) is 1.73. The van der Waals surface area contributed by atoms with Crippen LogP contribution in [0.1, 0.15) is 41.1 Å². The molecule has 0 aromatic carbocycles. The van der Waals surface area contributed by atoms with Crippen molar-refractivity contribution in [3.8, 4) is 0 Å². The predicted molar refractivity (Wildman–Crippen MR) is 104 cm³/mol. The molecule has 4 rings (SSSR count). The molecule has 1 saturated heterocycles. The van der Waals surface area contributed by atoms with Crippen molar-refractivity contribution in [2.24, 2.45) is 0 Å². The van der Waals surface area contributed by atoms with Crippen LogP contribution in [0.15, 0.2) is 41.1 Å². The van der Waals surface area contributed by atoms with Gasteiger partial charge in [0, 0.05) is 45.5 Å². The number of hydrogen-bond donors (Lipinski definition) is 0. The number of fused-ring (bicyclic) bond motifs is 1. The van der Waals surface area contributed by atoms with Crippen molar-refractivity contribution >= 4 is 11.8 Å². The number of piperazine rings is 1. The van der Waals surface area contributed by atoms with Crippen LogP contribution in [0.3, 0.4) is 0 Å². The van der Waals surface area contributed by atoms with Gasteiger partial charge in [-0.15, -0.1) is 0 Å². The Morgan fingerprint density at radius 1 is 1.14 bits per heavy atom. The molecule has 7 heteroatoms. The van der Waals surface area contributed by atoms with E-state index >= 15 is 0 Å². The van der Waals surface area contributed by atoms with Gasteiger partial charge in [0.25, 0.3) is 5.91 Å². The molecule has 1 atom stereocenters. The molecule has 0 radical (unpaired) electrons.